The maximum atomic E-state index is 14.4. The summed E-state index contributed by atoms with van der Waals surface area (Å²) in [5.74, 6) is -0.161. The van der Waals surface area contributed by atoms with Gasteiger partial charge in [0.1, 0.15) is 42.2 Å². The quantitative estimate of drug-likeness (QED) is 0.271. The number of aliphatic hydroxyl groups is 1. The van der Waals surface area contributed by atoms with Gasteiger partial charge in [0.15, 0.2) is 6.04 Å². The first kappa shape index (κ1) is 37.1. The maximum Gasteiger partial charge on any atom is 0.327 e. The summed E-state index contributed by atoms with van der Waals surface area (Å²) in [4.78, 5) is 47.2. The van der Waals surface area contributed by atoms with Crippen molar-refractivity contribution >= 4 is 23.9 Å². The van der Waals surface area contributed by atoms with Crippen molar-refractivity contribution in [2.45, 2.75) is 153 Å². The molecule has 0 spiro atoms. The van der Waals surface area contributed by atoms with Crippen LogP contribution in [-0.4, -0.2) is 95.2 Å². The molecule has 3 saturated carbocycles. The molecular formula is C41H56N2O10. The first-order valence-corrected chi connectivity index (χ1v) is 19.6. The van der Waals surface area contributed by atoms with Gasteiger partial charge in [0, 0.05) is 12.8 Å². The third kappa shape index (κ3) is 6.75. The number of fused-ring (bicyclic) bond motifs is 6. The number of nitrogens with one attached hydrogen (secondary N) is 1. The maximum absolute atomic E-state index is 14.4. The van der Waals surface area contributed by atoms with Crippen LogP contribution in [0.5, 0.6) is 0 Å². The molecule has 12 nitrogen and oxygen atoms in total. The summed E-state index contributed by atoms with van der Waals surface area (Å²) >= 11 is 0. The second-order valence-corrected chi connectivity index (χ2v) is 18.4. The molecule has 3 aliphatic carbocycles. The SMILES string of the molecule is CC(C)(C)OC(=O)CCC(CO)NC(=O)C12CC3OC(=O)C1N(Cc1ccc(C=C4CCC5OC5(C)CCC5C4CC5(C)C)cc1)OC2C1OCOC31. The van der Waals surface area contributed by atoms with Gasteiger partial charge >= 0.3 is 11.9 Å². The van der Waals surface area contributed by atoms with Crippen LogP contribution in [0.4, 0.5) is 0 Å². The standard InChI is InChI=1S/C41H56N2O10/c1-38(2,3)52-31(45)14-12-26(21-44)42-37(47)41-19-29-32-33(49-22-48-32)35(41)53-43(34(41)36(46)50-29)20-24-9-7-23(8-10-24)17-25-11-13-30-40(6,51-30)16-15-28-27(25)18-39(28,4)5/h7-10,17,26-30,32-35,44H,11-16,18-22H2,1-6H3,(H,42,47). The van der Waals surface area contributed by atoms with Crippen LogP contribution < -0.4 is 5.32 Å². The third-order valence-electron chi connectivity index (χ3n) is 13.2. The zero-order valence-corrected chi connectivity index (χ0v) is 31.9. The van der Waals surface area contributed by atoms with Crippen molar-refractivity contribution in [1.82, 2.24) is 10.4 Å². The Labute approximate surface area is 312 Å². The highest BCUT2D eigenvalue weighted by molar-refractivity contribution is 5.93. The number of benzene rings is 1. The minimum absolute atomic E-state index is 0.00380. The number of aliphatic hydroxyl groups excluding tert-OH is 1. The topological polar surface area (TPSA) is 145 Å². The van der Waals surface area contributed by atoms with Crippen molar-refractivity contribution in [3.63, 3.8) is 0 Å². The number of rotatable bonds is 9. The lowest BCUT2D eigenvalue weighted by atomic mass is 9.52. The van der Waals surface area contributed by atoms with Gasteiger partial charge in [-0.15, -0.1) is 0 Å². The summed E-state index contributed by atoms with van der Waals surface area (Å²) in [6.07, 6.45) is 6.06. The molecule has 1 amide bonds. The summed E-state index contributed by atoms with van der Waals surface area (Å²) in [5, 5.41) is 14.7. The van der Waals surface area contributed by atoms with E-state index in [9.17, 15) is 19.5 Å². The Balaban J connectivity index is 1.00. The molecule has 7 aliphatic rings. The van der Waals surface area contributed by atoms with Crippen molar-refractivity contribution < 1.29 is 48.0 Å². The van der Waals surface area contributed by atoms with Gasteiger partial charge in [0.25, 0.3) is 0 Å². The fourth-order valence-electron chi connectivity index (χ4n) is 10.4. The third-order valence-corrected chi connectivity index (χ3v) is 13.2. The van der Waals surface area contributed by atoms with E-state index in [0.717, 1.165) is 30.4 Å². The molecule has 4 aliphatic heterocycles. The highest BCUT2D eigenvalue weighted by atomic mass is 16.8. The molecule has 12 heteroatoms. The molecule has 11 atom stereocenters. The average Bonchev–Trinajstić information content (AvgIpc) is 3.38. The van der Waals surface area contributed by atoms with E-state index in [2.05, 4.69) is 56.4 Å². The molecule has 290 valence electrons. The fraction of sp³-hybridized carbons (Fsp3) is 0.732. The van der Waals surface area contributed by atoms with Crippen LogP contribution >= 0.6 is 0 Å². The molecule has 2 bridgehead atoms. The van der Waals surface area contributed by atoms with Crippen molar-refractivity contribution in [1.29, 1.82) is 0 Å². The Bertz CT molecular complexity index is 1640. The molecule has 4 saturated heterocycles. The largest absolute Gasteiger partial charge is 0.460 e. The lowest BCUT2D eigenvalue weighted by Gasteiger charge is -2.53. The predicted octanol–water partition coefficient (Wildman–Crippen LogP) is 4.60. The molecule has 0 aromatic heterocycles. The lowest BCUT2D eigenvalue weighted by Crippen LogP contribution is -2.70. The Kier molecular flexibility index (Phi) is 9.38. The van der Waals surface area contributed by atoms with E-state index >= 15 is 0 Å². The molecule has 2 N–H and O–H groups in total. The van der Waals surface area contributed by atoms with Crippen LogP contribution in [0.3, 0.4) is 0 Å². The van der Waals surface area contributed by atoms with E-state index in [1.807, 2.05) is 0 Å². The number of allylic oxidation sites excluding steroid dienone is 1. The van der Waals surface area contributed by atoms with Gasteiger partial charge in [-0.05, 0) is 94.6 Å². The highest BCUT2D eigenvalue weighted by Gasteiger charge is 2.74. The number of hydrogen-bond donors (Lipinski definition) is 2. The number of hydroxylamine groups is 2. The fourth-order valence-corrected chi connectivity index (χ4v) is 10.4. The van der Waals surface area contributed by atoms with Crippen LogP contribution in [0.15, 0.2) is 29.8 Å². The first-order valence-electron chi connectivity index (χ1n) is 19.6. The number of hydrogen-bond acceptors (Lipinski definition) is 11. The van der Waals surface area contributed by atoms with Crippen LogP contribution in [0.2, 0.25) is 0 Å². The number of carbonyl (C=O) groups excluding carboxylic acids is 3. The van der Waals surface area contributed by atoms with E-state index < -0.39 is 65.4 Å². The second kappa shape index (κ2) is 13.4. The van der Waals surface area contributed by atoms with Crippen molar-refractivity contribution in [2.75, 3.05) is 13.4 Å². The minimum Gasteiger partial charge on any atom is -0.460 e. The van der Waals surface area contributed by atoms with Gasteiger partial charge < -0.3 is 34.1 Å². The van der Waals surface area contributed by atoms with E-state index in [-0.39, 0.29) is 44.8 Å². The summed E-state index contributed by atoms with van der Waals surface area (Å²) < 4.78 is 29.3. The van der Waals surface area contributed by atoms with Gasteiger partial charge in [-0.2, -0.15) is 5.06 Å². The number of ether oxygens (including phenoxy) is 5. The zero-order valence-electron chi connectivity index (χ0n) is 31.9. The summed E-state index contributed by atoms with van der Waals surface area (Å²) in [7, 11) is 0. The van der Waals surface area contributed by atoms with E-state index in [1.54, 1.807) is 25.8 Å². The highest BCUT2D eigenvalue weighted by Crippen LogP contribution is 2.60. The van der Waals surface area contributed by atoms with Crippen LogP contribution in [-0.2, 0) is 49.5 Å². The smallest absolute Gasteiger partial charge is 0.327 e. The molecule has 8 rings (SSSR count). The molecule has 7 fully saturated rings. The van der Waals surface area contributed by atoms with E-state index in [0.29, 0.717) is 23.4 Å². The predicted molar refractivity (Wildman–Crippen MR) is 191 cm³/mol. The number of epoxide rings is 1. The van der Waals surface area contributed by atoms with Crippen molar-refractivity contribution in [3.8, 4) is 0 Å². The molecule has 4 heterocycles. The summed E-state index contributed by atoms with van der Waals surface area (Å²) in [5.41, 5.74) is 1.96. The Hall–Kier alpha value is -2.87. The zero-order chi connectivity index (χ0) is 37.5. The Morgan fingerprint density at radius 2 is 1.85 bits per heavy atom. The van der Waals surface area contributed by atoms with Crippen molar-refractivity contribution in [2.24, 2.45) is 22.7 Å². The number of esters is 2. The summed E-state index contributed by atoms with van der Waals surface area (Å²) in [6, 6.07) is 6.55. The summed E-state index contributed by atoms with van der Waals surface area (Å²) in [6.45, 7) is 12.3. The van der Waals surface area contributed by atoms with Gasteiger partial charge in [0.2, 0.25) is 5.91 Å². The van der Waals surface area contributed by atoms with Gasteiger partial charge in [0.05, 0.1) is 30.9 Å². The molecular weight excluding hydrogens is 680 g/mol. The lowest BCUT2D eigenvalue weighted by molar-refractivity contribution is -0.201. The Morgan fingerprint density at radius 1 is 1.09 bits per heavy atom. The molecule has 11 unspecified atom stereocenters. The normalized spacial score (nSPS) is 39.6. The van der Waals surface area contributed by atoms with Crippen LogP contribution in [0.1, 0.15) is 104 Å². The molecule has 1 aromatic rings. The Morgan fingerprint density at radius 3 is 2.57 bits per heavy atom. The second-order valence-electron chi connectivity index (χ2n) is 18.4. The molecule has 0 radical (unpaired) electrons. The van der Waals surface area contributed by atoms with Crippen LogP contribution in [0.25, 0.3) is 6.08 Å². The first-order chi connectivity index (χ1) is 25.1. The number of carbonyl (C=O) groups is 3. The van der Waals surface area contributed by atoms with E-state index in [1.165, 1.54) is 18.4 Å². The minimum atomic E-state index is -1.36. The monoisotopic (exact) mass is 736 g/mol. The van der Waals surface area contributed by atoms with Gasteiger partial charge in [-0.25, -0.2) is 0 Å². The van der Waals surface area contributed by atoms with E-state index in [4.69, 9.17) is 28.5 Å². The number of amides is 1. The van der Waals surface area contributed by atoms with Gasteiger partial charge in [-0.1, -0.05) is 49.8 Å². The molecule has 1 aromatic carbocycles. The van der Waals surface area contributed by atoms with Crippen molar-refractivity contribution in [3.05, 3.63) is 41.0 Å². The number of nitrogens with zero attached hydrogens (tertiary/aromatic N) is 1. The average molecular weight is 737 g/mol. The molecule has 53 heavy (non-hydrogen) atoms. The van der Waals surface area contributed by atoms with Gasteiger partial charge in [-0.3, -0.25) is 19.2 Å². The van der Waals surface area contributed by atoms with Crippen LogP contribution in [0, 0.1) is 22.7 Å².